The van der Waals surface area contributed by atoms with Crippen molar-refractivity contribution >= 4 is 0 Å². The molecule has 0 spiro atoms. The van der Waals surface area contributed by atoms with E-state index in [1.54, 1.807) is 0 Å². The van der Waals surface area contributed by atoms with Gasteiger partial charge in [-0.1, -0.05) is 84.3 Å². The van der Waals surface area contributed by atoms with Gasteiger partial charge < -0.3 is 10.2 Å². The van der Waals surface area contributed by atoms with Gasteiger partial charge in [-0.25, -0.2) is 0 Å². The summed E-state index contributed by atoms with van der Waals surface area (Å²) >= 11 is 0. The maximum atomic E-state index is 10.6. The van der Waals surface area contributed by atoms with Gasteiger partial charge in [-0.3, -0.25) is 0 Å². The van der Waals surface area contributed by atoms with Gasteiger partial charge in [0.25, 0.3) is 0 Å². The molecule has 2 N–H and O–H groups in total. The summed E-state index contributed by atoms with van der Waals surface area (Å²) in [7, 11) is 0. The van der Waals surface area contributed by atoms with Crippen LogP contribution in [-0.2, 0) is 5.41 Å². The van der Waals surface area contributed by atoms with E-state index in [4.69, 9.17) is 0 Å². The molecule has 1 saturated carbocycles. The second kappa shape index (κ2) is 10.3. The molecular formula is C24H40O2. The van der Waals surface area contributed by atoms with E-state index >= 15 is 0 Å². The van der Waals surface area contributed by atoms with E-state index in [9.17, 15) is 10.2 Å². The zero-order valence-corrected chi connectivity index (χ0v) is 17.3. The Labute approximate surface area is 161 Å². The third-order valence-corrected chi connectivity index (χ3v) is 6.30. The highest BCUT2D eigenvalue weighted by Gasteiger charge is 2.26. The molecule has 0 radical (unpaired) electrons. The van der Waals surface area contributed by atoms with Crippen molar-refractivity contribution in [3.63, 3.8) is 0 Å². The van der Waals surface area contributed by atoms with Crippen LogP contribution in [0.1, 0.15) is 115 Å². The lowest BCUT2D eigenvalue weighted by Gasteiger charge is -2.29. The molecule has 0 aromatic heterocycles. The summed E-state index contributed by atoms with van der Waals surface area (Å²) in [6, 6.07) is 6.30. The van der Waals surface area contributed by atoms with Gasteiger partial charge in [0, 0.05) is 0 Å². The molecule has 0 bridgehead atoms. The zero-order chi connectivity index (χ0) is 19.0. The monoisotopic (exact) mass is 360 g/mol. The van der Waals surface area contributed by atoms with Crippen LogP contribution in [0.15, 0.2) is 18.2 Å². The second-order valence-electron chi connectivity index (χ2n) is 9.05. The normalized spacial score (nSPS) is 21.1. The van der Waals surface area contributed by atoms with Gasteiger partial charge in [0.05, 0.1) is 6.10 Å². The summed E-state index contributed by atoms with van der Waals surface area (Å²) in [5.41, 5.74) is 2.37. The Balaban J connectivity index is 1.87. The van der Waals surface area contributed by atoms with Crippen LogP contribution in [0.5, 0.6) is 5.75 Å². The first-order valence-corrected chi connectivity index (χ1v) is 11.0. The van der Waals surface area contributed by atoms with Gasteiger partial charge in [0.2, 0.25) is 0 Å². The van der Waals surface area contributed by atoms with Crippen molar-refractivity contribution in [2.24, 2.45) is 0 Å². The van der Waals surface area contributed by atoms with Crippen molar-refractivity contribution in [3.8, 4) is 5.75 Å². The molecular weight excluding hydrogens is 320 g/mol. The summed E-state index contributed by atoms with van der Waals surface area (Å²) < 4.78 is 0. The van der Waals surface area contributed by atoms with E-state index in [-0.39, 0.29) is 11.5 Å². The van der Waals surface area contributed by atoms with Gasteiger partial charge in [-0.05, 0) is 54.2 Å². The first kappa shape index (κ1) is 21.3. The number of phenols is 1. The average Bonchev–Trinajstić information content (AvgIpc) is 2.61. The third-order valence-electron chi connectivity index (χ3n) is 6.30. The van der Waals surface area contributed by atoms with Crippen LogP contribution >= 0.6 is 0 Å². The second-order valence-corrected chi connectivity index (χ2v) is 9.05. The first-order chi connectivity index (χ1) is 12.4. The molecule has 0 amide bonds. The predicted molar refractivity (Wildman–Crippen MR) is 111 cm³/mol. The highest BCUT2D eigenvalue weighted by atomic mass is 16.3. The van der Waals surface area contributed by atoms with Crippen LogP contribution < -0.4 is 0 Å². The Bertz CT molecular complexity index is 535. The molecule has 2 nitrogen and oxygen atoms in total. The molecule has 0 saturated heterocycles. The summed E-state index contributed by atoms with van der Waals surface area (Å²) in [6.45, 7) is 6.85. The summed E-state index contributed by atoms with van der Waals surface area (Å²) in [6.07, 6.45) is 14.1. The molecule has 1 aromatic carbocycles. The number of aromatic hydroxyl groups is 1. The van der Waals surface area contributed by atoms with E-state index in [1.807, 2.05) is 6.07 Å². The fourth-order valence-electron chi connectivity index (χ4n) is 4.42. The number of rotatable bonds is 10. The largest absolute Gasteiger partial charge is 0.508 e. The molecule has 2 rings (SSSR count). The van der Waals surface area contributed by atoms with Gasteiger partial charge in [-0.15, -0.1) is 0 Å². The predicted octanol–water partition coefficient (Wildman–Crippen LogP) is 6.83. The number of aliphatic hydroxyl groups is 1. The van der Waals surface area contributed by atoms with Crippen LogP contribution in [0.4, 0.5) is 0 Å². The fraction of sp³-hybridized carbons (Fsp3) is 0.750. The minimum Gasteiger partial charge on any atom is -0.508 e. The van der Waals surface area contributed by atoms with Gasteiger partial charge in [0.1, 0.15) is 5.75 Å². The summed E-state index contributed by atoms with van der Waals surface area (Å²) in [5, 5.41) is 20.5. The maximum Gasteiger partial charge on any atom is 0.119 e. The van der Waals surface area contributed by atoms with Crippen molar-refractivity contribution in [3.05, 3.63) is 29.3 Å². The highest BCUT2D eigenvalue weighted by Crippen LogP contribution is 2.40. The lowest BCUT2D eigenvalue weighted by Crippen LogP contribution is -2.19. The van der Waals surface area contributed by atoms with Crippen molar-refractivity contribution < 1.29 is 10.2 Å². The van der Waals surface area contributed by atoms with Crippen LogP contribution in [-0.4, -0.2) is 16.3 Å². The molecule has 2 atom stereocenters. The van der Waals surface area contributed by atoms with E-state index in [1.165, 1.54) is 56.9 Å². The molecule has 2 heteroatoms. The van der Waals surface area contributed by atoms with Crippen LogP contribution in [0.25, 0.3) is 0 Å². The standard InChI is InChI=1S/C24H40O2/c1-4-5-6-7-8-9-10-16-24(2,3)20-14-15-22(23(26)18-20)19-12-11-13-21(25)17-19/h14-15,18-19,21,25-26H,4-13,16-17H2,1-3H3. The third kappa shape index (κ3) is 6.30. The number of phenolic OH excluding ortho intramolecular Hbond substituents is 1. The quantitative estimate of drug-likeness (QED) is 0.449. The van der Waals surface area contributed by atoms with Gasteiger partial charge in [-0.2, -0.15) is 0 Å². The first-order valence-electron chi connectivity index (χ1n) is 11.0. The summed E-state index contributed by atoms with van der Waals surface area (Å²) in [5.74, 6) is 0.730. The van der Waals surface area contributed by atoms with Crippen LogP contribution in [0.3, 0.4) is 0 Å². The number of aliphatic hydroxyl groups excluding tert-OH is 1. The maximum absolute atomic E-state index is 10.6. The molecule has 0 heterocycles. The fourth-order valence-corrected chi connectivity index (χ4v) is 4.42. The number of hydrogen-bond acceptors (Lipinski definition) is 2. The average molecular weight is 361 g/mol. The Kier molecular flexibility index (Phi) is 8.47. The van der Waals surface area contributed by atoms with E-state index in [0.717, 1.165) is 31.2 Å². The molecule has 1 fully saturated rings. The Morgan fingerprint density at radius 2 is 1.69 bits per heavy atom. The molecule has 1 aliphatic carbocycles. The lowest BCUT2D eigenvalue weighted by molar-refractivity contribution is 0.119. The number of benzene rings is 1. The van der Waals surface area contributed by atoms with E-state index in [2.05, 4.69) is 32.9 Å². The zero-order valence-electron chi connectivity index (χ0n) is 17.3. The van der Waals surface area contributed by atoms with Crippen molar-refractivity contribution in [1.82, 2.24) is 0 Å². The molecule has 2 unspecified atom stereocenters. The SMILES string of the molecule is CCCCCCCCCC(C)(C)c1ccc(C2CCCC(O)C2)c(O)c1. The van der Waals surface area contributed by atoms with Crippen LogP contribution in [0.2, 0.25) is 0 Å². The van der Waals surface area contributed by atoms with Crippen LogP contribution in [0, 0.1) is 0 Å². The van der Waals surface area contributed by atoms with Gasteiger partial charge >= 0.3 is 0 Å². The molecule has 1 aliphatic rings. The lowest BCUT2D eigenvalue weighted by atomic mass is 9.77. The van der Waals surface area contributed by atoms with E-state index < -0.39 is 0 Å². The van der Waals surface area contributed by atoms with Gasteiger partial charge in [0.15, 0.2) is 0 Å². The minimum absolute atomic E-state index is 0.103. The smallest absolute Gasteiger partial charge is 0.119 e. The summed E-state index contributed by atoms with van der Waals surface area (Å²) in [4.78, 5) is 0. The highest BCUT2D eigenvalue weighted by molar-refractivity contribution is 5.41. The molecule has 0 aliphatic heterocycles. The van der Waals surface area contributed by atoms with Crippen molar-refractivity contribution in [2.75, 3.05) is 0 Å². The van der Waals surface area contributed by atoms with Crippen molar-refractivity contribution in [1.29, 1.82) is 0 Å². The van der Waals surface area contributed by atoms with E-state index in [0.29, 0.717) is 11.7 Å². The molecule has 26 heavy (non-hydrogen) atoms. The molecule has 148 valence electrons. The minimum atomic E-state index is -0.207. The molecule has 1 aromatic rings. The number of unbranched alkanes of at least 4 members (excludes halogenated alkanes) is 6. The Morgan fingerprint density at radius 3 is 2.35 bits per heavy atom. The topological polar surface area (TPSA) is 40.5 Å². The number of hydrogen-bond donors (Lipinski definition) is 2. The van der Waals surface area contributed by atoms with Crippen molar-refractivity contribution in [2.45, 2.75) is 115 Å². The Morgan fingerprint density at radius 1 is 1.00 bits per heavy atom. The Hall–Kier alpha value is -1.02.